The van der Waals surface area contributed by atoms with Gasteiger partial charge in [-0.2, -0.15) is 0 Å². The average Bonchev–Trinajstić information content (AvgIpc) is 3.10. The van der Waals surface area contributed by atoms with Crippen LogP contribution < -0.4 is 0 Å². The van der Waals surface area contributed by atoms with Gasteiger partial charge in [0, 0.05) is 12.4 Å². The molecule has 1 heterocycles. The lowest BCUT2D eigenvalue weighted by Gasteiger charge is -2.29. The van der Waals surface area contributed by atoms with Crippen molar-refractivity contribution in [3.8, 4) is 0 Å². The number of benzene rings is 2. The van der Waals surface area contributed by atoms with E-state index in [4.69, 9.17) is 0 Å². The molecule has 1 atom stereocenters. The van der Waals surface area contributed by atoms with Crippen molar-refractivity contribution >= 4 is 11.6 Å². The van der Waals surface area contributed by atoms with Crippen molar-refractivity contribution in [2.45, 2.75) is 18.9 Å². The first kappa shape index (κ1) is 13.1. The second-order valence-electron chi connectivity index (χ2n) is 5.73. The van der Waals surface area contributed by atoms with Crippen LogP contribution in [-0.4, -0.2) is 9.55 Å². The Bertz CT molecular complexity index is 786. The molecule has 0 amide bonds. The van der Waals surface area contributed by atoms with Gasteiger partial charge < -0.3 is 4.57 Å². The Morgan fingerprint density at radius 3 is 2.64 bits per heavy atom. The van der Waals surface area contributed by atoms with Gasteiger partial charge in [0.1, 0.15) is 0 Å². The number of imidazole rings is 1. The molecule has 0 bridgehead atoms. The van der Waals surface area contributed by atoms with E-state index < -0.39 is 0 Å². The quantitative estimate of drug-likeness (QED) is 0.672. The number of fused-ring (bicyclic) bond motifs is 1. The molecule has 1 aliphatic carbocycles. The fourth-order valence-corrected chi connectivity index (χ4v) is 3.31. The number of hydrogen-bond donors (Lipinski definition) is 0. The zero-order valence-corrected chi connectivity index (χ0v) is 12.4. The lowest BCUT2D eigenvalue weighted by atomic mass is 9.83. The fourth-order valence-electron chi connectivity index (χ4n) is 3.31. The van der Waals surface area contributed by atoms with E-state index in [1.54, 1.807) is 0 Å². The van der Waals surface area contributed by atoms with Gasteiger partial charge in [-0.3, -0.25) is 0 Å². The lowest BCUT2D eigenvalue weighted by Crippen LogP contribution is -2.16. The number of nitrogens with zero attached hydrogens (tertiary/aromatic N) is 2. The zero-order valence-electron chi connectivity index (χ0n) is 12.4. The third-order valence-electron chi connectivity index (χ3n) is 4.38. The highest BCUT2D eigenvalue weighted by atomic mass is 15.1. The van der Waals surface area contributed by atoms with Crippen LogP contribution in [0.25, 0.3) is 11.6 Å². The van der Waals surface area contributed by atoms with Crippen molar-refractivity contribution in [2.24, 2.45) is 0 Å². The summed E-state index contributed by atoms with van der Waals surface area (Å²) in [7, 11) is 0. The largest absolute Gasteiger partial charge is 0.330 e. The van der Waals surface area contributed by atoms with Gasteiger partial charge >= 0.3 is 0 Å². The van der Waals surface area contributed by atoms with Crippen LogP contribution in [0.1, 0.15) is 29.2 Å². The first-order valence-corrected chi connectivity index (χ1v) is 7.74. The smallest absolute Gasteiger partial charge is 0.0951 e. The van der Waals surface area contributed by atoms with Crippen molar-refractivity contribution < 1.29 is 0 Å². The highest BCUT2D eigenvalue weighted by molar-refractivity contribution is 5.85. The summed E-state index contributed by atoms with van der Waals surface area (Å²) in [6.45, 7) is 0. The van der Waals surface area contributed by atoms with Gasteiger partial charge in [0.15, 0.2) is 0 Å². The molecule has 0 spiro atoms. The molecule has 0 radical (unpaired) electrons. The normalized spacial score (nSPS) is 19.1. The first-order chi connectivity index (χ1) is 10.9. The van der Waals surface area contributed by atoms with Gasteiger partial charge in [0.25, 0.3) is 0 Å². The van der Waals surface area contributed by atoms with E-state index in [1.165, 1.54) is 22.3 Å². The fraction of sp³-hybridized carbons (Fsp3) is 0.150. The van der Waals surface area contributed by atoms with Gasteiger partial charge in [-0.15, -0.1) is 0 Å². The topological polar surface area (TPSA) is 17.8 Å². The summed E-state index contributed by atoms with van der Waals surface area (Å²) in [5.74, 6) is 0. The van der Waals surface area contributed by atoms with Crippen molar-refractivity contribution in [2.75, 3.05) is 0 Å². The molecule has 22 heavy (non-hydrogen) atoms. The Labute approximate surface area is 130 Å². The molecule has 0 N–H and O–H groups in total. The van der Waals surface area contributed by atoms with Crippen molar-refractivity contribution in [1.29, 1.82) is 0 Å². The predicted octanol–water partition coefficient (Wildman–Crippen LogP) is 4.61. The van der Waals surface area contributed by atoms with Crippen LogP contribution in [0.2, 0.25) is 0 Å². The minimum absolute atomic E-state index is 0.359. The molecule has 108 valence electrons. The highest BCUT2D eigenvalue weighted by Gasteiger charge is 2.24. The van der Waals surface area contributed by atoms with Crippen molar-refractivity contribution in [3.05, 3.63) is 90.0 Å². The molecule has 2 aromatic carbocycles. The molecule has 4 rings (SSSR count). The Hall–Kier alpha value is -2.61. The molecule has 0 saturated carbocycles. The van der Waals surface area contributed by atoms with Crippen molar-refractivity contribution in [3.63, 3.8) is 0 Å². The molecule has 0 fully saturated rings. The Morgan fingerprint density at radius 2 is 1.82 bits per heavy atom. The average molecular weight is 286 g/mol. The third-order valence-corrected chi connectivity index (χ3v) is 4.38. The molecular formula is C20H18N2. The molecule has 1 unspecified atom stereocenters. The zero-order chi connectivity index (χ0) is 14.8. The van der Waals surface area contributed by atoms with E-state index >= 15 is 0 Å². The van der Waals surface area contributed by atoms with Gasteiger partial charge in [-0.05, 0) is 41.2 Å². The van der Waals surface area contributed by atoms with E-state index in [0.717, 1.165) is 12.8 Å². The van der Waals surface area contributed by atoms with E-state index in [0.29, 0.717) is 6.04 Å². The van der Waals surface area contributed by atoms with Crippen molar-refractivity contribution in [1.82, 2.24) is 9.55 Å². The molecule has 3 aromatic rings. The third kappa shape index (κ3) is 2.37. The number of aryl methyl sites for hydroxylation is 1. The van der Waals surface area contributed by atoms with E-state index in [2.05, 4.69) is 76.4 Å². The standard InChI is InChI=1S/C20H18N2/c1-2-6-16(7-3-1)14-19-18-9-5-4-8-17(18)10-11-20(19)22-13-12-21-15-22/h1-9,12-15,20H,10-11H2/b19-14+. The van der Waals surface area contributed by atoms with E-state index in [9.17, 15) is 0 Å². The number of hydrogen-bond acceptors (Lipinski definition) is 1. The number of aromatic nitrogens is 2. The summed E-state index contributed by atoms with van der Waals surface area (Å²) >= 11 is 0. The predicted molar refractivity (Wildman–Crippen MR) is 90.3 cm³/mol. The van der Waals surface area contributed by atoms with Crippen LogP contribution in [0.5, 0.6) is 0 Å². The highest BCUT2D eigenvalue weighted by Crippen LogP contribution is 2.39. The number of rotatable bonds is 2. The maximum absolute atomic E-state index is 4.23. The second kappa shape index (κ2) is 5.64. The van der Waals surface area contributed by atoms with Crippen LogP contribution in [0, 0.1) is 0 Å². The molecule has 2 nitrogen and oxygen atoms in total. The maximum atomic E-state index is 4.23. The first-order valence-electron chi connectivity index (χ1n) is 7.74. The Kier molecular flexibility index (Phi) is 3.36. The summed E-state index contributed by atoms with van der Waals surface area (Å²) in [5, 5.41) is 0. The Morgan fingerprint density at radius 1 is 1.00 bits per heavy atom. The van der Waals surface area contributed by atoms with Gasteiger partial charge in [0.05, 0.1) is 12.4 Å². The number of allylic oxidation sites excluding steroid dienone is 1. The van der Waals surface area contributed by atoms with E-state index in [-0.39, 0.29) is 0 Å². The minimum atomic E-state index is 0.359. The molecule has 1 aromatic heterocycles. The minimum Gasteiger partial charge on any atom is -0.330 e. The molecule has 0 saturated heterocycles. The maximum Gasteiger partial charge on any atom is 0.0951 e. The summed E-state index contributed by atoms with van der Waals surface area (Å²) in [6, 6.07) is 19.7. The van der Waals surface area contributed by atoms with E-state index in [1.807, 2.05) is 12.5 Å². The SMILES string of the molecule is C(=C1/c2ccccc2CCC1n1ccnc1)/c1ccccc1. The second-order valence-corrected chi connectivity index (χ2v) is 5.73. The summed E-state index contributed by atoms with van der Waals surface area (Å²) < 4.78 is 2.23. The summed E-state index contributed by atoms with van der Waals surface area (Å²) in [4.78, 5) is 4.23. The van der Waals surface area contributed by atoms with Crippen LogP contribution in [-0.2, 0) is 6.42 Å². The molecular weight excluding hydrogens is 268 g/mol. The summed E-state index contributed by atoms with van der Waals surface area (Å²) in [5.41, 5.74) is 5.45. The van der Waals surface area contributed by atoms with Gasteiger partial charge in [-0.1, -0.05) is 54.6 Å². The Balaban J connectivity index is 1.86. The van der Waals surface area contributed by atoms with Crippen LogP contribution in [0.15, 0.2) is 73.3 Å². The van der Waals surface area contributed by atoms with Crippen LogP contribution >= 0.6 is 0 Å². The molecule has 0 aliphatic heterocycles. The van der Waals surface area contributed by atoms with Gasteiger partial charge in [-0.25, -0.2) is 4.98 Å². The summed E-state index contributed by atoms with van der Waals surface area (Å²) in [6.07, 6.45) is 10.4. The van der Waals surface area contributed by atoms with Crippen LogP contribution in [0.4, 0.5) is 0 Å². The molecule has 1 aliphatic rings. The van der Waals surface area contributed by atoms with Gasteiger partial charge in [0.2, 0.25) is 0 Å². The molecule has 2 heteroatoms. The lowest BCUT2D eigenvalue weighted by molar-refractivity contribution is 0.558. The van der Waals surface area contributed by atoms with Crippen LogP contribution in [0.3, 0.4) is 0 Å². The monoisotopic (exact) mass is 286 g/mol.